The van der Waals surface area contributed by atoms with Gasteiger partial charge in [0.25, 0.3) is 5.69 Å². The summed E-state index contributed by atoms with van der Waals surface area (Å²) in [4.78, 5) is 22.1. The van der Waals surface area contributed by atoms with Gasteiger partial charge in [-0.25, -0.2) is 4.68 Å². The van der Waals surface area contributed by atoms with Gasteiger partial charge in [0.2, 0.25) is 5.91 Å². The number of carbonyl (C=O) groups excluding carboxylic acids is 1. The minimum absolute atomic E-state index is 0.124. The number of ether oxygens (including phenoxy) is 2. The van der Waals surface area contributed by atoms with Crippen molar-refractivity contribution < 1.29 is 19.2 Å². The molecule has 3 rings (SSSR count). The minimum atomic E-state index is -0.474. The summed E-state index contributed by atoms with van der Waals surface area (Å²) >= 11 is 1.55. The van der Waals surface area contributed by atoms with Crippen LogP contribution in [-0.4, -0.2) is 39.5 Å². The lowest BCUT2D eigenvalue weighted by molar-refractivity contribution is -0.385. The number of hydrogen-bond acceptors (Lipinski definition) is 8. The predicted octanol–water partition coefficient (Wildman–Crippen LogP) is 3.18. The van der Waals surface area contributed by atoms with Crippen LogP contribution in [0.2, 0.25) is 0 Å². The molecule has 0 aliphatic rings. The molecule has 0 aliphatic carbocycles. The van der Waals surface area contributed by atoms with E-state index in [0.717, 1.165) is 5.56 Å². The van der Waals surface area contributed by atoms with Crippen molar-refractivity contribution in [1.29, 1.82) is 0 Å². The molecule has 2 aromatic heterocycles. The zero-order chi connectivity index (χ0) is 21.7. The highest BCUT2D eigenvalue weighted by atomic mass is 32.1. The zero-order valence-electron chi connectivity index (χ0n) is 16.5. The number of amides is 1. The molecular formula is C19H21N5O5S. The average molecular weight is 431 g/mol. The third-order valence-corrected chi connectivity index (χ3v) is 5.19. The van der Waals surface area contributed by atoms with Crippen molar-refractivity contribution in [2.45, 2.75) is 25.8 Å². The van der Waals surface area contributed by atoms with E-state index in [9.17, 15) is 14.9 Å². The third kappa shape index (κ3) is 4.74. The first-order valence-corrected chi connectivity index (χ1v) is 10.1. The fourth-order valence-corrected chi connectivity index (χ4v) is 3.56. The van der Waals surface area contributed by atoms with Crippen molar-refractivity contribution in [3.8, 4) is 22.8 Å². The summed E-state index contributed by atoms with van der Waals surface area (Å²) in [5.74, 6) is 0.136. The van der Waals surface area contributed by atoms with Crippen molar-refractivity contribution in [2.24, 2.45) is 5.73 Å². The van der Waals surface area contributed by atoms with E-state index in [0.29, 0.717) is 23.4 Å². The van der Waals surface area contributed by atoms with Crippen LogP contribution in [-0.2, 0) is 4.79 Å². The Morgan fingerprint density at radius 3 is 2.83 bits per heavy atom. The summed E-state index contributed by atoms with van der Waals surface area (Å²) in [6.07, 6.45) is 2.31. The zero-order valence-corrected chi connectivity index (χ0v) is 17.3. The van der Waals surface area contributed by atoms with Gasteiger partial charge in [-0.3, -0.25) is 14.9 Å². The molecule has 2 N–H and O–H groups in total. The van der Waals surface area contributed by atoms with Gasteiger partial charge in [-0.2, -0.15) is 11.3 Å². The van der Waals surface area contributed by atoms with Crippen LogP contribution in [0.15, 0.2) is 35.2 Å². The summed E-state index contributed by atoms with van der Waals surface area (Å²) in [6.45, 7) is 1.97. The summed E-state index contributed by atoms with van der Waals surface area (Å²) < 4.78 is 12.5. The number of aromatic nitrogens is 3. The number of rotatable bonds is 10. The maximum absolute atomic E-state index is 11.7. The molecule has 158 valence electrons. The van der Waals surface area contributed by atoms with Crippen LogP contribution < -0.4 is 15.2 Å². The molecule has 30 heavy (non-hydrogen) atoms. The molecule has 0 bridgehead atoms. The molecule has 0 radical (unpaired) electrons. The molecule has 0 fully saturated rings. The van der Waals surface area contributed by atoms with Crippen LogP contribution in [0.1, 0.15) is 31.4 Å². The Morgan fingerprint density at radius 2 is 2.20 bits per heavy atom. The molecule has 0 spiro atoms. The van der Waals surface area contributed by atoms with Gasteiger partial charge >= 0.3 is 0 Å². The first-order valence-electron chi connectivity index (χ1n) is 9.12. The highest BCUT2D eigenvalue weighted by Crippen LogP contribution is 2.38. The molecular weight excluding hydrogens is 410 g/mol. The smallest absolute Gasteiger partial charge is 0.278 e. The van der Waals surface area contributed by atoms with Crippen LogP contribution in [0.4, 0.5) is 5.69 Å². The number of hydrogen-bond donors (Lipinski definition) is 1. The molecule has 0 aliphatic heterocycles. The molecule has 0 saturated carbocycles. The van der Waals surface area contributed by atoms with Gasteiger partial charge in [0.1, 0.15) is 5.69 Å². The van der Waals surface area contributed by atoms with E-state index in [1.807, 2.05) is 16.8 Å². The Bertz CT molecular complexity index is 1030. The number of nitro benzene ring substituents is 1. The van der Waals surface area contributed by atoms with Gasteiger partial charge in [-0.05, 0) is 30.9 Å². The van der Waals surface area contributed by atoms with E-state index in [2.05, 4.69) is 10.3 Å². The normalized spacial score (nSPS) is 11.8. The quantitative estimate of drug-likeness (QED) is 0.296. The van der Waals surface area contributed by atoms with Gasteiger partial charge < -0.3 is 15.2 Å². The SMILES string of the molecule is COc1cc(C(C)n2cc(-c3ccsc3)nn2)c([N+](=O)[O-])cc1OCCCC(N)=O. The van der Waals surface area contributed by atoms with Crippen LogP contribution >= 0.6 is 11.3 Å². The number of thiophene rings is 1. The molecule has 0 saturated heterocycles. The summed E-state index contributed by atoms with van der Waals surface area (Å²) in [7, 11) is 1.45. The molecule has 1 amide bonds. The number of nitro groups is 1. The van der Waals surface area contributed by atoms with Crippen LogP contribution in [0.25, 0.3) is 11.3 Å². The van der Waals surface area contributed by atoms with Crippen molar-refractivity contribution in [2.75, 3.05) is 13.7 Å². The minimum Gasteiger partial charge on any atom is -0.493 e. The lowest BCUT2D eigenvalue weighted by atomic mass is 10.0. The molecule has 11 heteroatoms. The summed E-state index contributed by atoms with van der Waals surface area (Å²) in [5.41, 5.74) is 7.02. The maximum Gasteiger partial charge on any atom is 0.278 e. The van der Waals surface area contributed by atoms with E-state index in [1.165, 1.54) is 13.2 Å². The van der Waals surface area contributed by atoms with Gasteiger partial charge in [0.05, 0.1) is 42.5 Å². The standard InChI is InChI=1S/C19H21N5O5S/c1-12(23-10-15(21-22-23)13-5-7-30-11-13)14-8-17(28-2)18(9-16(14)24(26)27)29-6-3-4-19(20)25/h5,7-12H,3-4,6H2,1-2H3,(H2,20,25). The van der Waals surface area contributed by atoms with Gasteiger partial charge in [-0.1, -0.05) is 5.21 Å². The lowest BCUT2D eigenvalue weighted by Gasteiger charge is -2.16. The number of carbonyl (C=O) groups is 1. The Hall–Kier alpha value is -3.47. The van der Waals surface area contributed by atoms with Crippen LogP contribution in [0, 0.1) is 10.1 Å². The maximum atomic E-state index is 11.7. The number of nitrogens with two attached hydrogens (primary N) is 1. The number of nitrogens with zero attached hydrogens (tertiary/aromatic N) is 4. The molecule has 10 nitrogen and oxygen atoms in total. The molecule has 2 heterocycles. The molecule has 1 aromatic carbocycles. The van der Waals surface area contributed by atoms with E-state index >= 15 is 0 Å². The first-order chi connectivity index (χ1) is 14.4. The van der Waals surface area contributed by atoms with Gasteiger partial charge in [0.15, 0.2) is 11.5 Å². The van der Waals surface area contributed by atoms with E-state index in [-0.39, 0.29) is 24.5 Å². The molecule has 3 aromatic rings. The van der Waals surface area contributed by atoms with Gasteiger partial charge in [0, 0.05) is 17.4 Å². The summed E-state index contributed by atoms with van der Waals surface area (Å²) in [6, 6.07) is 4.35. The van der Waals surface area contributed by atoms with E-state index in [1.54, 1.807) is 35.2 Å². The molecule has 1 unspecified atom stereocenters. The highest BCUT2D eigenvalue weighted by Gasteiger charge is 2.25. The number of methoxy groups -OCH3 is 1. The van der Waals surface area contributed by atoms with Crippen LogP contribution in [0.3, 0.4) is 0 Å². The van der Waals surface area contributed by atoms with Gasteiger partial charge in [-0.15, -0.1) is 5.10 Å². The average Bonchev–Trinajstić information content (AvgIpc) is 3.41. The van der Waals surface area contributed by atoms with Crippen molar-refractivity contribution in [1.82, 2.24) is 15.0 Å². The predicted molar refractivity (Wildman–Crippen MR) is 111 cm³/mol. The second-order valence-electron chi connectivity index (χ2n) is 6.51. The monoisotopic (exact) mass is 431 g/mol. The van der Waals surface area contributed by atoms with Crippen molar-refractivity contribution >= 4 is 22.9 Å². The Balaban J connectivity index is 1.89. The largest absolute Gasteiger partial charge is 0.493 e. The Morgan fingerprint density at radius 1 is 1.40 bits per heavy atom. The first kappa shape index (κ1) is 21.2. The lowest BCUT2D eigenvalue weighted by Crippen LogP contribution is -2.13. The van der Waals surface area contributed by atoms with Crippen molar-refractivity contribution in [3.05, 3.63) is 50.8 Å². The topological polar surface area (TPSA) is 135 Å². The van der Waals surface area contributed by atoms with Crippen LogP contribution in [0.5, 0.6) is 11.5 Å². The fraction of sp³-hybridized carbons (Fsp3) is 0.316. The Kier molecular flexibility index (Phi) is 6.62. The number of benzene rings is 1. The second-order valence-corrected chi connectivity index (χ2v) is 7.29. The van der Waals surface area contributed by atoms with E-state index < -0.39 is 16.9 Å². The fourth-order valence-electron chi connectivity index (χ4n) is 2.91. The molecule has 1 atom stereocenters. The number of primary amides is 1. The van der Waals surface area contributed by atoms with Crippen molar-refractivity contribution in [3.63, 3.8) is 0 Å². The Labute approximate surface area is 176 Å². The second kappa shape index (κ2) is 9.35. The third-order valence-electron chi connectivity index (χ3n) is 4.51. The highest BCUT2D eigenvalue weighted by molar-refractivity contribution is 7.08. The van der Waals surface area contributed by atoms with E-state index in [4.69, 9.17) is 15.2 Å². The summed E-state index contributed by atoms with van der Waals surface area (Å²) in [5, 5.41) is 23.9.